The molecular formula is C16H15N3O2. The van der Waals surface area contributed by atoms with Gasteiger partial charge in [-0.15, -0.1) is 0 Å². The second-order valence-corrected chi connectivity index (χ2v) is 4.75. The number of rotatable bonds is 3. The Morgan fingerprint density at radius 3 is 2.86 bits per heavy atom. The van der Waals surface area contributed by atoms with Crippen molar-refractivity contribution in [2.24, 2.45) is 0 Å². The topological polar surface area (TPSA) is 67.0 Å². The van der Waals surface area contributed by atoms with Crippen LogP contribution in [0.4, 0.5) is 5.82 Å². The van der Waals surface area contributed by atoms with Gasteiger partial charge in [-0.3, -0.25) is 4.79 Å². The third-order valence-electron chi connectivity index (χ3n) is 3.20. The number of aromatic amines is 1. The molecule has 0 atom stereocenters. The van der Waals surface area contributed by atoms with E-state index in [1.165, 1.54) is 0 Å². The van der Waals surface area contributed by atoms with Crippen LogP contribution in [-0.2, 0) is 0 Å². The van der Waals surface area contributed by atoms with E-state index < -0.39 is 0 Å². The molecular weight excluding hydrogens is 266 g/mol. The van der Waals surface area contributed by atoms with Crippen LogP contribution in [0.5, 0.6) is 5.75 Å². The van der Waals surface area contributed by atoms with Gasteiger partial charge in [0.1, 0.15) is 17.3 Å². The molecule has 2 N–H and O–H groups in total. The van der Waals surface area contributed by atoms with Gasteiger partial charge >= 0.3 is 0 Å². The normalized spacial score (nSPS) is 10.6. The Morgan fingerprint density at radius 2 is 2.10 bits per heavy atom. The standard InChI is InChI=1S/C16H15N3O2/c1-10-4-3-5-15(17-10)19-16(20)14-8-11-6-7-12(21-2)9-13(11)18-14/h3-9,18H,1-2H3,(H,17,19,20). The first-order valence-electron chi connectivity index (χ1n) is 6.57. The average Bonchev–Trinajstić information content (AvgIpc) is 2.90. The van der Waals surface area contributed by atoms with Crippen LogP contribution in [-0.4, -0.2) is 23.0 Å². The number of nitrogens with one attached hydrogen (secondary N) is 2. The number of aromatic nitrogens is 2. The fourth-order valence-corrected chi connectivity index (χ4v) is 2.15. The van der Waals surface area contributed by atoms with Crippen LogP contribution in [0, 0.1) is 6.92 Å². The molecule has 2 heterocycles. The first-order valence-corrected chi connectivity index (χ1v) is 6.57. The van der Waals surface area contributed by atoms with Crippen LogP contribution in [0.25, 0.3) is 10.9 Å². The zero-order valence-electron chi connectivity index (χ0n) is 11.8. The molecule has 0 saturated heterocycles. The molecule has 0 bridgehead atoms. The second-order valence-electron chi connectivity index (χ2n) is 4.75. The van der Waals surface area contributed by atoms with E-state index in [1.54, 1.807) is 19.2 Å². The summed E-state index contributed by atoms with van der Waals surface area (Å²) in [5, 5.41) is 3.73. The highest BCUT2D eigenvalue weighted by atomic mass is 16.5. The maximum atomic E-state index is 12.2. The van der Waals surface area contributed by atoms with Gasteiger partial charge in [0.25, 0.3) is 5.91 Å². The molecule has 0 radical (unpaired) electrons. The highest BCUT2D eigenvalue weighted by Gasteiger charge is 2.11. The minimum absolute atomic E-state index is 0.219. The van der Waals surface area contributed by atoms with Crippen LogP contribution in [0.3, 0.4) is 0 Å². The molecule has 0 saturated carbocycles. The molecule has 5 heteroatoms. The number of ether oxygens (including phenoxy) is 1. The number of anilines is 1. The SMILES string of the molecule is COc1ccc2cc(C(=O)Nc3cccc(C)n3)[nH]c2c1. The van der Waals surface area contributed by atoms with Crippen molar-refractivity contribution in [1.82, 2.24) is 9.97 Å². The van der Waals surface area contributed by atoms with Crippen molar-refractivity contribution in [3.8, 4) is 5.75 Å². The van der Waals surface area contributed by atoms with E-state index in [-0.39, 0.29) is 5.91 Å². The monoisotopic (exact) mass is 281 g/mol. The number of benzene rings is 1. The van der Waals surface area contributed by atoms with Gasteiger partial charge in [-0.25, -0.2) is 4.98 Å². The summed E-state index contributed by atoms with van der Waals surface area (Å²) in [5.41, 5.74) is 2.20. The highest BCUT2D eigenvalue weighted by Crippen LogP contribution is 2.21. The molecule has 1 amide bonds. The van der Waals surface area contributed by atoms with Gasteiger partial charge in [-0.05, 0) is 37.3 Å². The summed E-state index contributed by atoms with van der Waals surface area (Å²) in [6, 6.07) is 12.9. The van der Waals surface area contributed by atoms with E-state index in [0.29, 0.717) is 11.5 Å². The summed E-state index contributed by atoms with van der Waals surface area (Å²) < 4.78 is 5.17. The second kappa shape index (κ2) is 5.28. The fourth-order valence-electron chi connectivity index (χ4n) is 2.15. The molecule has 21 heavy (non-hydrogen) atoms. The van der Waals surface area contributed by atoms with E-state index in [2.05, 4.69) is 15.3 Å². The number of hydrogen-bond donors (Lipinski definition) is 2. The number of aryl methyl sites for hydroxylation is 1. The number of pyridine rings is 1. The number of hydrogen-bond acceptors (Lipinski definition) is 3. The van der Waals surface area contributed by atoms with Gasteiger partial charge < -0.3 is 15.0 Å². The zero-order chi connectivity index (χ0) is 14.8. The minimum atomic E-state index is -0.219. The predicted molar refractivity (Wildman–Crippen MR) is 81.8 cm³/mol. The molecule has 2 aromatic heterocycles. The lowest BCUT2D eigenvalue weighted by atomic mass is 10.2. The molecule has 0 fully saturated rings. The van der Waals surface area contributed by atoms with Gasteiger partial charge in [0, 0.05) is 22.7 Å². The van der Waals surface area contributed by atoms with E-state index >= 15 is 0 Å². The van der Waals surface area contributed by atoms with E-state index in [4.69, 9.17) is 4.74 Å². The van der Waals surface area contributed by atoms with Gasteiger partial charge in [0.05, 0.1) is 7.11 Å². The Kier molecular flexibility index (Phi) is 3.31. The molecule has 0 unspecified atom stereocenters. The quantitative estimate of drug-likeness (QED) is 0.775. The maximum Gasteiger partial charge on any atom is 0.273 e. The lowest BCUT2D eigenvalue weighted by Gasteiger charge is -2.03. The average molecular weight is 281 g/mol. The lowest BCUT2D eigenvalue weighted by Crippen LogP contribution is -2.13. The first kappa shape index (κ1) is 13.2. The summed E-state index contributed by atoms with van der Waals surface area (Å²) in [6.07, 6.45) is 0. The Labute approximate surface area is 122 Å². The molecule has 0 aliphatic rings. The van der Waals surface area contributed by atoms with Gasteiger partial charge in [-0.1, -0.05) is 6.07 Å². The van der Waals surface area contributed by atoms with Crippen LogP contribution >= 0.6 is 0 Å². The number of carbonyl (C=O) groups is 1. The number of carbonyl (C=O) groups excluding carboxylic acids is 1. The van der Waals surface area contributed by atoms with Crippen LogP contribution in [0.1, 0.15) is 16.2 Å². The lowest BCUT2D eigenvalue weighted by molar-refractivity contribution is 0.102. The zero-order valence-corrected chi connectivity index (χ0v) is 11.8. The third kappa shape index (κ3) is 2.72. The molecule has 3 aromatic rings. The third-order valence-corrected chi connectivity index (χ3v) is 3.20. The number of H-pyrrole nitrogens is 1. The van der Waals surface area contributed by atoms with Gasteiger partial charge in [0.2, 0.25) is 0 Å². The number of nitrogens with zero attached hydrogens (tertiary/aromatic N) is 1. The van der Waals surface area contributed by atoms with E-state index in [0.717, 1.165) is 22.3 Å². The predicted octanol–water partition coefficient (Wildman–Crippen LogP) is 3.13. The molecule has 0 aliphatic carbocycles. The summed E-state index contributed by atoms with van der Waals surface area (Å²) in [7, 11) is 1.61. The highest BCUT2D eigenvalue weighted by molar-refractivity contribution is 6.05. The molecule has 106 valence electrons. The van der Waals surface area contributed by atoms with Crippen molar-refractivity contribution >= 4 is 22.6 Å². The molecule has 0 aliphatic heterocycles. The van der Waals surface area contributed by atoms with Crippen molar-refractivity contribution in [2.45, 2.75) is 6.92 Å². The van der Waals surface area contributed by atoms with Crippen LogP contribution < -0.4 is 10.1 Å². The van der Waals surface area contributed by atoms with Crippen molar-refractivity contribution in [3.05, 3.63) is 53.9 Å². The van der Waals surface area contributed by atoms with E-state index in [9.17, 15) is 4.79 Å². The summed E-state index contributed by atoms with van der Waals surface area (Å²) in [5.74, 6) is 1.07. The number of methoxy groups -OCH3 is 1. The maximum absolute atomic E-state index is 12.2. The molecule has 3 rings (SSSR count). The number of amides is 1. The van der Waals surface area contributed by atoms with Crippen molar-refractivity contribution in [1.29, 1.82) is 0 Å². The van der Waals surface area contributed by atoms with E-state index in [1.807, 2.05) is 37.3 Å². The summed E-state index contributed by atoms with van der Waals surface area (Å²) in [4.78, 5) is 19.6. The minimum Gasteiger partial charge on any atom is -0.497 e. The molecule has 1 aromatic carbocycles. The summed E-state index contributed by atoms with van der Waals surface area (Å²) in [6.45, 7) is 1.88. The Morgan fingerprint density at radius 1 is 1.24 bits per heavy atom. The smallest absolute Gasteiger partial charge is 0.273 e. The number of fused-ring (bicyclic) bond motifs is 1. The first-order chi connectivity index (χ1) is 10.2. The van der Waals surface area contributed by atoms with Crippen molar-refractivity contribution in [2.75, 3.05) is 12.4 Å². The Bertz CT molecular complexity index is 808. The Hall–Kier alpha value is -2.82. The Balaban J connectivity index is 1.87. The summed E-state index contributed by atoms with van der Waals surface area (Å²) >= 11 is 0. The molecule has 5 nitrogen and oxygen atoms in total. The van der Waals surface area contributed by atoms with Crippen LogP contribution in [0.15, 0.2) is 42.5 Å². The van der Waals surface area contributed by atoms with Crippen molar-refractivity contribution in [3.63, 3.8) is 0 Å². The van der Waals surface area contributed by atoms with Gasteiger partial charge in [-0.2, -0.15) is 0 Å². The van der Waals surface area contributed by atoms with Crippen LogP contribution in [0.2, 0.25) is 0 Å². The van der Waals surface area contributed by atoms with Crippen molar-refractivity contribution < 1.29 is 9.53 Å². The largest absolute Gasteiger partial charge is 0.497 e. The fraction of sp³-hybridized carbons (Fsp3) is 0.125. The molecule has 0 spiro atoms. The van der Waals surface area contributed by atoms with Gasteiger partial charge in [0.15, 0.2) is 0 Å².